The van der Waals surface area contributed by atoms with Gasteiger partial charge in [-0.05, 0) is 30.3 Å². The van der Waals surface area contributed by atoms with Crippen molar-refractivity contribution in [3.63, 3.8) is 0 Å². The number of rotatable bonds is 4. The third kappa shape index (κ3) is 3.43. The minimum absolute atomic E-state index is 0.559. The second kappa shape index (κ2) is 6.28. The van der Waals surface area contributed by atoms with Gasteiger partial charge >= 0.3 is 0 Å². The normalized spacial score (nSPS) is 10.6. The van der Waals surface area contributed by atoms with Crippen molar-refractivity contribution in [3.05, 3.63) is 69.9 Å². The highest BCUT2D eigenvalue weighted by atomic mass is 79.9. The molecule has 0 aliphatic carbocycles. The fraction of sp³-hybridized carbons (Fsp3) is 0.0667. The van der Waals surface area contributed by atoms with Crippen molar-refractivity contribution < 1.29 is 0 Å². The number of hydrogen-bond acceptors (Lipinski definition) is 3. The zero-order valence-corrected chi connectivity index (χ0v) is 13.3. The standard InChI is InChI=1S/C15H12BrClN4/c16-11-6-7-14(17)15(8-11)18-9-12-10-19-21(20-12)13-4-2-1-3-5-13/h1-8,10,18H,9H2. The lowest BCUT2D eigenvalue weighted by molar-refractivity contribution is 0.740. The molecule has 0 saturated carbocycles. The molecule has 0 unspecified atom stereocenters. The Morgan fingerprint density at radius 1 is 1.14 bits per heavy atom. The molecular formula is C15H12BrClN4. The van der Waals surface area contributed by atoms with Crippen LogP contribution < -0.4 is 5.32 Å². The molecule has 0 amide bonds. The third-order valence-corrected chi connectivity index (χ3v) is 3.74. The maximum atomic E-state index is 6.14. The summed E-state index contributed by atoms with van der Waals surface area (Å²) in [7, 11) is 0. The number of para-hydroxylation sites is 1. The summed E-state index contributed by atoms with van der Waals surface area (Å²) in [5, 5.41) is 12.6. The molecule has 1 heterocycles. The molecule has 0 radical (unpaired) electrons. The van der Waals surface area contributed by atoms with E-state index in [0.717, 1.165) is 21.5 Å². The lowest BCUT2D eigenvalue weighted by atomic mass is 10.3. The van der Waals surface area contributed by atoms with Crippen molar-refractivity contribution in [1.82, 2.24) is 15.0 Å². The van der Waals surface area contributed by atoms with Gasteiger partial charge < -0.3 is 5.32 Å². The molecule has 0 aliphatic heterocycles. The van der Waals surface area contributed by atoms with Crippen LogP contribution in [0.15, 0.2) is 59.2 Å². The summed E-state index contributed by atoms with van der Waals surface area (Å²) in [6.45, 7) is 0.559. The zero-order chi connectivity index (χ0) is 14.7. The van der Waals surface area contributed by atoms with Gasteiger partial charge in [0.25, 0.3) is 0 Å². The second-order valence-electron chi connectivity index (χ2n) is 4.44. The maximum absolute atomic E-state index is 6.14. The molecule has 3 aromatic rings. The van der Waals surface area contributed by atoms with Crippen molar-refractivity contribution >= 4 is 33.2 Å². The first-order chi connectivity index (χ1) is 10.2. The highest BCUT2D eigenvalue weighted by Crippen LogP contribution is 2.25. The van der Waals surface area contributed by atoms with Gasteiger partial charge in [0.15, 0.2) is 0 Å². The van der Waals surface area contributed by atoms with Crippen LogP contribution in [0.3, 0.4) is 0 Å². The SMILES string of the molecule is Clc1ccc(Br)cc1NCc1cnn(-c2ccccc2)n1. The molecule has 106 valence electrons. The van der Waals surface area contributed by atoms with E-state index < -0.39 is 0 Å². The average Bonchev–Trinajstić information content (AvgIpc) is 2.98. The number of aromatic nitrogens is 3. The van der Waals surface area contributed by atoms with Crippen LogP contribution in [-0.4, -0.2) is 15.0 Å². The van der Waals surface area contributed by atoms with Gasteiger partial charge in [-0.2, -0.15) is 15.0 Å². The number of anilines is 1. The van der Waals surface area contributed by atoms with E-state index in [1.54, 1.807) is 11.0 Å². The van der Waals surface area contributed by atoms with Crippen molar-refractivity contribution in [1.29, 1.82) is 0 Å². The first-order valence-corrected chi connectivity index (χ1v) is 7.55. The average molecular weight is 364 g/mol. The Morgan fingerprint density at radius 3 is 2.76 bits per heavy atom. The Hall–Kier alpha value is -1.85. The van der Waals surface area contributed by atoms with Gasteiger partial charge in [-0.1, -0.05) is 45.7 Å². The van der Waals surface area contributed by atoms with Gasteiger partial charge in [-0.15, -0.1) is 0 Å². The number of nitrogens with zero attached hydrogens (tertiary/aromatic N) is 3. The Balaban J connectivity index is 1.72. The summed E-state index contributed by atoms with van der Waals surface area (Å²) in [5.74, 6) is 0. The predicted octanol–water partition coefficient (Wildman–Crippen LogP) is 4.30. The van der Waals surface area contributed by atoms with Crippen molar-refractivity contribution in [2.75, 3.05) is 5.32 Å². The Morgan fingerprint density at radius 2 is 1.95 bits per heavy atom. The maximum Gasteiger partial charge on any atom is 0.102 e. The van der Waals surface area contributed by atoms with E-state index in [2.05, 4.69) is 31.4 Å². The molecule has 0 atom stereocenters. The van der Waals surface area contributed by atoms with E-state index in [4.69, 9.17) is 11.6 Å². The summed E-state index contributed by atoms with van der Waals surface area (Å²) in [4.78, 5) is 1.61. The lowest BCUT2D eigenvalue weighted by Gasteiger charge is -2.06. The molecule has 0 bridgehead atoms. The highest BCUT2D eigenvalue weighted by Gasteiger charge is 2.05. The molecule has 3 rings (SSSR count). The molecule has 0 spiro atoms. The summed E-state index contributed by atoms with van der Waals surface area (Å²) < 4.78 is 0.974. The first kappa shape index (κ1) is 14.1. The lowest BCUT2D eigenvalue weighted by Crippen LogP contribution is -2.03. The van der Waals surface area contributed by atoms with Crippen molar-refractivity contribution in [2.45, 2.75) is 6.54 Å². The van der Waals surface area contributed by atoms with Crippen LogP contribution in [0.25, 0.3) is 5.69 Å². The van der Waals surface area contributed by atoms with E-state index in [9.17, 15) is 0 Å². The highest BCUT2D eigenvalue weighted by molar-refractivity contribution is 9.10. The van der Waals surface area contributed by atoms with E-state index >= 15 is 0 Å². The number of hydrogen-bond donors (Lipinski definition) is 1. The molecule has 1 aromatic heterocycles. The monoisotopic (exact) mass is 362 g/mol. The summed E-state index contributed by atoms with van der Waals surface area (Å²) >= 11 is 9.57. The van der Waals surface area contributed by atoms with Gasteiger partial charge in [0, 0.05) is 4.47 Å². The van der Waals surface area contributed by atoms with E-state index in [-0.39, 0.29) is 0 Å². The topological polar surface area (TPSA) is 42.7 Å². The molecule has 21 heavy (non-hydrogen) atoms. The van der Waals surface area contributed by atoms with Crippen LogP contribution in [0.5, 0.6) is 0 Å². The van der Waals surface area contributed by atoms with Gasteiger partial charge in [0.2, 0.25) is 0 Å². The van der Waals surface area contributed by atoms with Gasteiger partial charge in [-0.3, -0.25) is 0 Å². The number of halogens is 2. The minimum atomic E-state index is 0.559. The quantitative estimate of drug-likeness (QED) is 0.751. The smallest absolute Gasteiger partial charge is 0.102 e. The summed E-state index contributed by atoms with van der Waals surface area (Å²) in [5.41, 5.74) is 2.64. The molecule has 6 heteroatoms. The molecular weight excluding hydrogens is 352 g/mol. The van der Waals surface area contributed by atoms with E-state index in [1.165, 1.54) is 0 Å². The molecule has 1 N–H and O–H groups in total. The summed E-state index contributed by atoms with van der Waals surface area (Å²) in [6.07, 6.45) is 1.74. The van der Waals surface area contributed by atoms with E-state index in [1.807, 2.05) is 48.5 Å². The van der Waals surface area contributed by atoms with Crippen molar-refractivity contribution in [2.24, 2.45) is 0 Å². The van der Waals surface area contributed by atoms with Crippen LogP contribution in [0.4, 0.5) is 5.69 Å². The van der Waals surface area contributed by atoms with Gasteiger partial charge in [0.1, 0.15) is 5.69 Å². The molecule has 2 aromatic carbocycles. The molecule has 4 nitrogen and oxygen atoms in total. The summed E-state index contributed by atoms with van der Waals surface area (Å²) in [6, 6.07) is 15.5. The van der Waals surface area contributed by atoms with Crippen LogP contribution in [0, 0.1) is 0 Å². The van der Waals surface area contributed by atoms with Crippen LogP contribution in [0.1, 0.15) is 5.69 Å². The molecule has 0 fully saturated rings. The second-order valence-corrected chi connectivity index (χ2v) is 5.76. The predicted molar refractivity (Wildman–Crippen MR) is 87.8 cm³/mol. The molecule has 0 saturated heterocycles. The largest absolute Gasteiger partial charge is 0.378 e. The van der Waals surface area contributed by atoms with Crippen LogP contribution in [-0.2, 0) is 6.54 Å². The van der Waals surface area contributed by atoms with E-state index in [0.29, 0.717) is 11.6 Å². The Kier molecular flexibility index (Phi) is 4.22. The Bertz CT molecular complexity index is 742. The number of benzene rings is 2. The van der Waals surface area contributed by atoms with Gasteiger partial charge in [0.05, 0.1) is 29.1 Å². The van der Waals surface area contributed by atoms with Crippen molar-refractivity contribution in [3.8, 4) is 5.69 Å². The fourth-order valence-corrected chi connectivity index (χ4v) is 2.43. The molecule has 0 aliphatic rings. The Labute approximate surface area is 135 Å². The number of nitrogens with one attached hydrogen (secondary N) is 1. The zero-order valence-electron chi connectivity index (χ0n) is 11.0. The minimum Gasteiger partial charge on any atom is -0.378 e. The fourth-order valence-electron chi connectivity index (χ4n) is 1.88. The van der Waals surface area contributed by atoms with Crippen LogP contribution in [0.2, 0.25) is 5.02 Å². The van der Waals surface area contributed by atoms with Gasteiger partial charge in [-0.25, -0.2) is 0 Å². The first-order valence-electron chi connectivity index (χ1n) is 6.38. The third-order valence-electron chi connectivity index (χ3n) is 2.91. The van der Waals surface area contributed by atoms with Crippen LogP contribution >= 0.6 is 27.5 Å².